The molecule has 1 amide bonds. The molecule has 3 aliphatic rings. The molecule has 1 aromatic heterocycles. The molecule has 42 heavy (non-hydrogen) atoms. The van der Waals surface area contributed by atoms with Crippen molar-refractivity contribution in [3.8, 4) is 16.2 Å². The Kier molecular flexibility index (Phi) is 7.16. The monoisotopic (exact) mass is 596 g/mol. The lowest BCUT2D eigenvalue weighted by atomic mass is 9.58. The fourth-order valence-electron chi connectivity index (χ4n) is 6.56. The number of aliphatic hydroxyl groups excluding tert-OH is 2. The molecule has 1 heterocycles. The number of allylic oxidation sites excluding steroid dienone is 1. The summed E-state index contributed by atoms with van der Waals surface area (Å²) in [6.07, 6.45) is 1.74. The number of thiophene rings is 1. The second-order valence-electron chi connectivity index (χ2n) is 11.1. The normalized spacial score (nSPS) is 25.5. The van der Waals surface area contributed by atoms with Gasteiger partial charge in [-0.1, -0.05) is 5.16 Å². The van der Waals surface area contributed by atoms with Crippen LogP contribution in [0.4, 0.5) is 5.69 Å². The second kappa shape index (κ2) is 10.3. The molecule has 0 saturated heterocycles. The summed E-state index contributed by atoms with van der Waals surface area (Å²) in [7, 11) is 8.23. The van der Waals surface area contributed by atoms with Gasteiger partial charge in [0.1, 0.15) is 30.0 Å². The van der Waals surface area contributed by atoms with E-state index in [4.69, 9.17) is 10.6 Å². The van der Waals surface area contributed by atoms with Crippen LogP contribution in [0.5, 0.6) is 5.75 Å². The van der Waals surface area contributed by atoms with Crippen molar-refractivity contribution in [3.05, 3.63) is 56.9 Å². The number of oxime groups is 1. The van der Waals surface area contributed by atoms with Crippen LogP contribution in [-0.4, -0.2) is 96.0 Å². The van der Waals surface area contributed by atoms with Crippen molar-refractivity contribution in [1.82, 2.24) is 4.90 Å². The van der Waals surface area contributed by atoms with Crippen molar-refractivity contribution in [2.75, 3.05) is 40.2 Å². The quantitative estimate of drug-likeness (QED) is 0.187. The summed E-state index contributed by atoms with van der Waals surface area (Å²) >= 11 is 1.31. The molecule has 0 fully saturated rings. The lowest BCUT2D eigenvalue weighted by Crippen LogP contribution is -2.63. The maximum absolute atomic E-state index is 14.2. The number of nitrogens with zero attached hydrogens (tertiary/aromatic N) is 3. The van der Waals surface area contributed by atoms with Crippen molar-refractivity contribution in [2.24, 2.45) is 22.7 Å². The van der Waals surface area contributed by atoms with Crippen molar-refractivity contribution < 1.29 is 39.6 Å². The van der Waals surface area contributed by atoms with E-state index in [0.717, 1.165) is 4.88 Å². The number of amides is 1. The van der Waals surface area contributed by atoms with E-state index in [2.05, 4.69) is 5.16 Å². The molecule has 0 radical (unpaired) electrons. The molecular weight excluding hydrogens is 564 g/mol. The topological polar surface area (TPSA) is 186 Å². The van der Waals surface area contributed by atoms with E-state index in [9.17, 15) is 34.8 Å². The Labute approximate surface area is 245 Å². The maximum atomic E-state index is 14.2. The minimum atomic E-state index is -2.69. The largest absolute Gasteiger partial charge is 0.510 e. The number of aliphatic hydroxyl groups is 3. The number of primary amides is 1. The summed E-state index contributed by atoms with van der Waals surface area (Å²) in [5.41, 5.74) is 3.23. The Morgan fingerprint density at radius 1 is 1.19 bits per heavy atom. The number of fused-ring (bicyclic) bond motifs is 3. The van der Waals surface area contributed by atoms with Crippen LogP contribution in [0.3, 0.4) is 0 Å². The van der Waals surface area contributed by atoms with E-state index < -0.39 is 58.0 Å². The summed E-state index contributed by atoms with van der Waals surface area (Å²) in [5.74, 6) is -6.81. The molecule has 12 nitrogen and oxygen atoms in total. The number of likely N-dealkylation sites (N-methyl/N-ethyl adjacent to an activating group) is 1. The number of aromatic hydroxyl groups is 1. The van der Waals surface area contributed by atoms with Crippen LogP contribution in [0, 0.1) is 11.8 Å². The molecule has 3 aliphatic carbocycles. The van der Waals surface area contributed by atoms with E-state index in [1.165, 1.54) is 29.6 Å². The number of benzene rings is 1. The molecule has 0 saturated carbocycles. The minimum absolute atomic E-state index is 0.0221. The van der Waals surface area contributed by atoms with Gasteiger partial charge in [0.15, 0.2) is 11.4 Å². The van der Waals surface area contributed by atoms with Crippen LogP contribution in [0.2, 0.25) is 0 Å². The number of ketones is 2. The second-order valence-corrected chi connectivity index (χ2v) is 12.2. The first kappa shape index (κ1) is 29.3. The lowest BCUT2D eigenvalue weighted by Gasteiger charge is -2.50. The Morgan fingerprint density at radius 3 is 2.48 bits per heavy atom. The van der Waals surface area contributed by atoms with E-state index in [1.807, 2.05) is 19.0 Å². The van der Waals surface area contributed by atoms with Gasteiger partial charge in [0.05, 0.1) is 17.8 Å². The first-order valence-corrected chi connectivity index (χ1v) is 13.9. The molecular formula is C29H32N4O8S. The molecule has 13 heteroatoms. The fraction of sp³-hybridized carbons (Fsp3) is 0.379. The standard InChI is InChI=1S/C29H32N4O8S/c1-32(2)17-10-15(18-7-6-13(42-18)11-31-41-5)23(34)20-14(17)8-12-9-16-22(33(3)4)25(36)21(28(30)39)27(38)29(16,40)26(37)19(12)24(20)35/h6-7,10-12,16,22,34,36-37,40H,8-9H2,1-5H3,(H2,30,39)/b31-11+. The van der Waals surface area contributed by atoms with Crippen molar-refractivity contribution in [3.63, 3.8) is 0 Å². The predicted octanol–water partition coefficient (Wildman–Crippen LogP) is 1.90. The molecule has 4 atom stereocenters. The number of carbonyl (C=O) groups excluding carboxylic acids is 3. The average Bonchev–Trinajstić information content (AvgIpc) is 3.37. The van der Waals surface area contributed by atoms with Crippen LogP contribution in [0.1, 0.15) is 27.2 Å². The van der Waals surface area contributed by atoms with E-state index in [0.29, 0.717) is 21.7 Å². The third kappa shape index (κ3) is 4.10. The van der Waals surface area contributed by atoms with Gasteiger partial charge in [0.25, 0.3) is 5.91 Å². The molecule has 6 N–H and O–H groups in total. The average molecular weight is 597 g/mol. The highest BCUT2D eigenvalue weighted by Crippen LogP contribution is 2.54. The number of phenols is 1. The number of rotatable bonds is 6. The van der Waals surface area contributed by atoms with Gasteiger partial charge < -0.3 is 35.9 Å². The lowest BCUT2D eigenvalue weighted by molar-refractivity contribution is -0.148. The molecule has 4 unspecified atom stereocenters. The first-order valence-electron chi connectivity index (χ1n) is 13.1. The Balaban J connectivity index is 1.72. The van der Waals surface area contributed by atoms with Gasteiger partial charge in [0.2, 0.25) is 5.78 Å². The van der Waals surface area contributed by atoms with Crippen molar-refractivity contribution in [2.45, 2.75) is 24.5 Å². The Bertz CT molecular complexity index is 1620. The summed E-state index contributed by atoms with van der Waals surface area (Å²) in [6, 6.07) is 4.30. The highest BCUT2D eigenvalue weighted by molar-refractivity contribution is 7.17. The van der Waals surface area contributed by atoms with Crippen LogP contribution >= 0.6 is 11.3 Å². The third-order valence-electron chi connectivity index (χ3n) is 8.36. The van der Waals surface area contributed by atoms with Gasteiger partial charge in [-0.3, -0.25) is 19.3 Å². The zero-order valence-corrected chi connectivity index (χ0v) is 24.5. The Hall–Kier alpha value is -4.20. The summed E-state index contributed by atoms with van der Waals surface area (Å²) in [5, 5.41) is 49.6. The molecule has 5 rings (SSSR count). The van der Waals surface area contributed by atoms with Gasteiger partial charge in [-0.2, -0.15) is 0 Å². The minimum Gasteiger partial charge on any atom is -0.510 e. The van der Waals surface area contributed by atoms with Gasteiger partial charge in [-0.15, -0.1) is 11.3 Å². The number of anilines is 1. The molecule has 0 bridgehead atoms. The van der Waals surface area contributed by atoms with E-state index >= 15 is 0 Å². The van der Waals surface area contributed by atoms with Crippen LogP contribution < -0.4 is 10.6 Å². The van der Waals surface area contributed by atoms with E-state index in [-0.39, 0.29) is 29.7 Å². The first-order chi connectivity index (χ1) is 19.7. The predicted molar refractivity (Wildman–Crippen MR) is 156 cm³/mol. The number of nitrogens with two attached hydrogens (primary N) is 1. The SMILES string of the molecule is CO/N=C/c1ccc(-c2cc(N(C)C)c3c(c2O)C(=O)C2=C(O)C4(O)C(=O)C(C(N)=O)=C(O)C(N(C)C)C4CC2C3)s1. The number of phenolic OH excluding ortho intramolecular Hbond substituents is 1. The summed E-state index contributed by atoms with van der Waals surface area (Å²) < 4.78 is 0. The third-order valence-corrected chi connectivity index (χ3v) is 9.41. The van der Waals surface area contributed by atoms with Crippen LogP contribution in [0.15, 0.2) is 46.0 Å². The molecule has 0 aliphatic heterocycles. The van der Waals surface area contributed by atoms with Gasteiger partial charge in [0, 0.05) is 46.6 Å². The zero-order valence-electron chi connectivity index (χ0n) is 23.7. The smallest absolute Gasteiger partial charge is 0.255 e. The van der Waals surface area contributed by atoms with Gasteiger partial charge in [-0.05, 0) is 56.6 Å². The summed E-state index contributed by atoms with van der Waals surface area (Å²) in [6.45, 7) is 0. The molecule has 2 aromatic rings. The molecule has 0 spiro atoms. The van der Waals surface area contributed by atoms with E-state index in [1.54, 1.807) is 32.3 Å². The van der Waals surface area contributed by atoms with Crippen LogP contribution in [-0.2, 0) is 20.8 Å². The maximum Gasteiger partial charge on any atom is 0.255 e. The van der Waals surface area contributed by atoms with Gasteiger partial charge in [-0.25, -0.2) is 0 Å². The molecule has 222 valence electrons. The molecule has 1 aromatic carbocycles. The summed E-state index contributed by atoms with van der Waals surface area (Å²) in [4.78, 5) is 49.4. The number of carbonyl (C=O) groups is 3. The highest BCUT2D eigenvalue weighted by atomic mass is 32.1. The number of hydrogen-bond acceptors (Lipinski definition) is 12. The zero-order chi connectivity index (χ0) is 30.8. The van der Waals surface area contributed by atoms with Gasteiger partial charge >= 0.3 is 0 Å². The number of Topliss-reactive ketones (excluding diaryl/α,β-unsaturated/α-hetero) is 2. The number of hydrogen-bond donors (Lipinski definition) is 5. The van der Waals surface area contributed by atoms with Crippen LogP contribution in [0.25, 0.3) is 10.4 Å². The van der Waals surface area contributed by atoms with Crippen molar-refractivity contribution in [1.29, 1.82) is 0 Å². The Morgan fingerprint density at radius 2 is 1.88 bits per heavy atom. The van der Waals surface area contributed by atoms with Crippen molar-refractivity contribution >= 4 is 40.7 Å². The highest BCUT2D eigenvalue weighted by Gasteiger charge is 2.63. The fourth-order valence-corrected chi connectivity index (χ4v) is 7.44.